The molecule has 0 aromatic heterocycles. The van der Waals surface area contributed by atoms with Gasteiger partial charge in [0.15, 0.2) is 0 Å². The number of hydrogen-bond donors (Lipinski definition) is 1. The average Bonchev–Trinajstić information content (AvgIpc) is 2.44. The van der Waals surface area contributed by atoms with E-state index in [1.807, 2.05) is 0 Å². The summed E-state index contributed by atoms with van der Waals surface area (Å²) < 4.78 is 82.3. The summed E-state index contributed by atoms with van der Waals surface area (Å²) in [4.78, 5) is 8.63. The second-order valence-electron chi connectivity index (χ2n) is 4.93. The largest absolute Gasteiger partial charge is 0.487 e. The molecule has 0 bridgehead atoms. The fourth-order valence-corrected chi connectivity index (χ4v) is 2.82. The fraction of sp³-hybridized carbons (Fsp3) is 0.0714. The molecule has 0 aliphatic heterocycles. The van der Waals surface area contributed by atoms with Crippen LogP contribution in [0.4, 0.5) is 23.8 Å². The average molecular weight is 407 g/mol. The fourth-order valence-electron chi connectivity index (χ4n) is 1.85. The summed E-state index contributed by atoms with van der Waals surface area (Å²) in [6.45, 7) is -0.567. The SMILES string of the molecule is O=C(O)c1cccc(COc2ccc(S(F)(F)(F)(F)F)cc2Cl)c1F. The number of rotatable bonds is 5. The van der Waals surface area contributed by atoms with Gasteiger partial charge in [-0.05, 0) is 24.3 Å². The van der Waals surface area contributed by atoms with Crippen LogP contribution in [-0.2, 0) is 6.61 Å². The van der Waals surface area contributed by atoms with Crippen LogP contribution >= 0.6 is 21.8 Å². The Morgan fingerprint density at radius 2 is 1.76 bits per heavy atom. The van der Waals surface area contributed by atoms with E-state index < -0.39 is 49.8 Å². The van der Waals surface area contributed by atoms with E-state index in [1.165, 1.54) is 12.1 Å². The Kier molecular flexibility index (Phi) is 4.21. The number of ether oxygens (including phenoxy) is 1. The molecule has 0 radical (unpaired) electrons. The monoisotopic (exact) mass is 406 g/mol. The molecule has 0 fully saturated rings. The van der Waals surface area contributed by atoms with Crippen molar-refractivity contribution in [3.63, 3.8) is 0 Å². The summed E-state index contributed by atoms with van der Waals surface area (Å²) in [5.41, 5.74) is -0.823. The number of hydrogen-bond acceptors (Lipinski definition) is 2. The molecule has 0 aliphatic carbocycles. The lowest BCUT2D eigenvalue weighted by molar-refractivity contribution is 0.0691. The van der Waals surface area contributed by atoms with Crippen LogP contribution in [0, 0.1) is 5.82 Å². The molecule has 0 amide bonds. The van der Waals surface area contributed by atoms with Crippen LogP contribution in [0.15, 0.2) is 41.3 Å². The van der Waals surface area contributed by atoms with Crippen LogP contribution in [0.25, 0.3) is 0 Å². The number of carbonyl (C=O) groups is 1. The van der Waals surface area contributed by atoms with E-state index >= 15 is 0 Å². The first-order valence-electron chi connectivity index (χ1n) is 6.36. The van der Waals surface area contributed by atoms with Gasteiger partial charge in [-0.25, -0.2) is 9.18 Å². The second-order valence-corrected chi connectivity index (χ2v) is 7.75. The van der Waals surface area contributed by atoms with E-state index in [-0.39, 0.29) is 17.7 Å². The molecule has 0 saturated carbocycles. The highest BCUT2D eigenvalue weighted by molar-refractivity contribution is 8.45. The van der Waals surface area contributed by atoms with Crippen molar-refractivity contribution in [2.24, 2.45) is 0 Å². The number of carboxylic acids is 1. The summed E-state index contributed by atoms with van der Waals surface area (Å²) in [5, 5.41) is 8.05. The van der Waals surface area contributed by atoms with E-state index in [0.29, 0.717) is 6.07 Å². The Balaban J connectivity index is 2.27. The summed E-state index contributed by atoms with van der Waals surface area (Å²) in [7, 11) is -9.88. The van der Waals surface area contributed by atoms with Crippen molar-refractivity contribution in [3.8, 4) is 5.75 Å². The van der Waals surface area contributed by atoms with Gasteiger partial charge in [-0.3, -0.25) is 0 Å². The molecule has 25 heavy (non-hydrogen) atoms. The van der Waals surface area contributed by atoms with Gasteiger partial charge in [0.05, 0.1) is 10.6 Å². The Labute approximate surface area is 142 Å². The predicted octanol–water partition coefficient (Wildman–Crippen LogP) is 6.41. The maximum Gasteiger partial charge on any atom is 0.338 e. The van der Waals surface area contributed by atoms with Gasteiger partial charge < -0.3 is 9.84 Å². The minimum Gasteiger partial charge on any atom is -0.487 e. The Morgan fingerprint density at radius 1 is 1.12 bits per heavy atom. The van der Waals surface area contributed by atoms with Gasteiger partial charge in [0.25, 0.3) is 0 Å². The topological polar surface area (TPSA) is 46.5 Å². The van der Waals surface area contributed by atoms with Crippen LogP contribution in [0.1, 0.15) is 15.9 Å². The van der Waals surface area contributed by atoms with E-state index in [1.54, 1.807) is 0 Å². The predicted molar refractivity (Wildman–Crippen MR) is 80.5 cm³/mol. The lowest BCUT2D eigenvalue weighted by atomic mass is 10.1. The Hall–Kier alpha value is -2.07. The molecule has 0 spiro atoms. The maximum absolute atomic E-state index is 13.9. The highest BCUT2D eigenvalue weighted by Crippen LogP contribution is 3.02. The van der Waals surface area contributed by atoms with Crippen molar-refractivity contribution in [1.29, 1.82) is 0 Å². The Bertz CT molecular complexity index is 854. The second kappa shape index (κ2) is 5.46. The minimum absolute atomic E-state index is 0.0163. The summed E-state index contributed by atoms with van der Waals surface area (Å²) in [6.07, 6.45) is 0. The molecule has 0 unspecified atom stereocenters. The molecule has 3 nitrogen and oxygen atoms in total. The lowest BCUT2D eigenvalue weighted by Gasteiger charge is -2.40. The molecule has 2 aromatic carbocycles. The normalized spacial score (nSPS) is 14.5. The van der Waals surface area contributed by atoms with Crippen LogP contribution < -0.4 is 4.74 Å². The zero-order valence-electron chi connectivity index (χ0n) is 12.0. The van der Waals surface area contributed by atoms with Crippen LogP contribution in [0.5, 0.6) is 5.75 Å². The van der Waals surface area contributed by atoms with E-state index in [4.69, 9.17) is 21.4 Å². The van der Waals surface area contributed by atoms with Gasteiger partial charge in [-0.1, -0.05) is 43.2 Å². The summed E-state index contributed by atoms with van der Waals surface area (Å²) >= 11 is 5.52. The number of carboxylic acid groups (broad SMARTS) is 1. The zero-order valence-corrected chi connectivity index (χ0v) is 13.6. The van der Waals surface area contributed by atoms with Gasteiger partial charge in [-0.2, -0.15) is 0 Å². The van der Waals surface area contributed by atoms with Gasteiger partial charge in [0, 0.05) is 5.56 Å². The molecule has 0 heterocycles. The van der Waals surface area contributed by atoms with Crippen molar-refractivity contribution in [2.45, 2.75) is 11.5 Å². The number of benzene rings is 2. The molecule has 2 aromatic rings. The highest BCUT2D eigenvalue weighted by atomic mass is 35.5. The molecular formula is C14H9ClF6O3S. The van der Waals surface area contributed by atoms with Gasteiger partial charge in [0.1, 0.15) is 23.1 Å². The van der Waals surface area contributed by atoms with E-state index in [0.717, 1.165) is 6.07 Å². The van der Waals surface area contributed by atoms with E-state index in [9.17, 15) is 28.6 Å². The highest BCUT2D eigenvalue weighted by Gasteiger charge is 2.65. The third-order valence-electron chi connectivity index (χ3n) is 3.04. The number of aromatic carboxylic acids is 1. The molecule has 138 valence electrons. The van der Waals surface area contributed by atoms with Crippen LogP contribution in [0.3, 0.4) is 0 Å². The van der Waals surface area contributed by atoms with Gasteiger partial charge >= 0.3 is 16.2 Å². The number of halogens is 7. The van der Waals surface area contributed by atoms with Crippen molar-refractivity contribution >= 4 is 27.8 Å². The molecule has 0 atom stereocenters. The third-order valence-corrected chi connectivity index (χ3v) is 4.48. The van der Waals surface area contributed by atoms with Gasteiger partial charge in [0.2, 0.25) is 0 Å². The summed E-state index contributed by atoms with van der Waals surface area (Å²) in [5.74, 6) is -3.00. The summed E-state index contributed by atoms with van der Waals surface area (Å²) in [6, 6.07) is 4.14. The first kappa shape index (κ1) is 19.3. The Morgan fingerprint density at radius 3 is 2.28 bits per heavy atom. The third kappa shape index (κ3) is 4.51. The van der Waals surface area contributed by atoms with Gasteiger partial charge in [-0.15, -0.1) is 0 Å². The van der Waals surface area contributed by atoms with Crippen molar-refractivity contribution in [1.82, 2.24) is 0 Å². The van der Waals surface area contributed by atoms with Crippen molar-refractivity contribution < 1.29 is 38.5 Å². The molecule has 1 N–H and O–H groups in total. The van der Waals surface area contributed by atoms with E-state index in [2.05, 4.69) is 0 Å². The quantitative estimate of drug-likeness (QED) is 0.583. The lowest BCUT2D eigenvalue weighted by Crippen LogP contribution is -2.07. The standard InChI is InChI=1S/C14H9ClF6O3S/c15-11-6-9(25(17,18,19,20)21)4-5-12(11)24-7-8-2-1-3-10(13(8)16)14(22)23/h1-6H,7H2,(H,22,23). The van der Waals surface area contributed by atoms with Crippen molar-refractivity contribution in [2.75, 3.05) is 0 Å². The van der Waals surface area contributed by atoms with Crippen molar-refractivity contribution in [3.05, 3.63) is 58.4 Å². The molecule has 2 rings (SSSR count). The minimum atomic E-state index is -9.88. The maximum atomic E-state index is 13.9. The van der Waals surface area contributed by atoms with Crippen LogP contribution in [0.2, 0.25) is 5.02 Å². The molecule has 0 saturated heterocycles. The zero-order chi connectivity index (χ0) is 19.1. The molecule has 11 heteroatoms. The molecule has 0 aliphatic rings. The first-order valence-corrected chi connectivity index (χ1v) is 8.69. The van der Waals surface area contributed by atoms with Crippen LogP contribution in [-0.4, -0.2) is 11.1 Å². The molecular weight excluding hydrogens is 398 g/mol. The first-order chi connectivity index (χ1) is 11.2. The smallest absolute Gasteiger partial charge is 0.338 e.